The van der Waals surface area contributed by atoms with Crippen molar-refractivity contribution in [2.45, 2.75) is 89.0 Å². The summed E-state index contributed by atoms with van der Waals surface area (Å²) in [6.45, 7) is 2.46. The average molecular weight is 487 g/mol. The normalized spacial score (nSPS) is 12.8. The Morgan fingerprint density at radius 1 is 0.706 bits per heavy atom. The van der Waals surface area contributed by atoms with E-state index in [0.717, 1.165) is 19.3 Å². The molecule has 2 aromatic carbocycles. The van der Waals surface area contributed by atoms with Gasteiger partial charge in [0, 0.05) is 12.2 Å². The molecular weight excluding hydrogens is 448 g/mol. The zero-order chi connectivity index (χ0) is 24.5. The van der Waals surface area contributed by atoms with Crippen molar-refractivity contribution < 1.29 is 19.1 Å². The van der Waals surface area contributed by atoms with E-state index >= 15 is 0 Å². The fourth-order valence-electron chi connectivity index (χ4n) is 3.81. The van der Waals surface area contributed by atoms with Crippen LogP contribution in [-0.4, -0.2) is 23.4 Å². The maximum Gasteiger partial charge on any atom is 0.368 e. The number of carbonyl (C=O) groups is 2. The summed E-state index contributed by atoms with van der Waals surface area (Å²) in [5.41, 5.74) is 0.303. The van der Waals surface area contributed by atoms with E-state index < -0.39 is 16.8 Å². The minimum absolute atomic E-state index is 0.212. The fraction of sp³-hybridized carbons (Fsp3) is 0.517. The topological polar surface area (TPSA) is 52.6 Å². The van der Waals surface area contributed by atoms with Gasteiger partial charge >= 0.3 is 11.0 Å². The first-order chi connectivity index (χ1) is 16.6. The second kappa shape index (κ2) is 16.5. The molecule has 0 aromatic heterocycles. The number of benzene rings is 2. The summed E-state index contributed by atoms with van der Waals surface area (Å²) in [6, 6.07) is 17.0. The highest BCUT2D eigenvalue weighted by Gasteiger charge is 2.48. The standard InChI is InChI=1S/C29H39ClO4/c1-2-3-4-5-6-7-8-9-10-11-12-19-24-33-29(30,27(31)25-20-15-13-16-21-25)28(32)34-26-22-17-14-18-23-26/h13-18,20-23H,2-12,19,24H2,1H3. The second-order valence-corrected chi connectivity index (χ2v) is 9.26. The van der Waals surface area contributed by atoms with Crippen LogP contribution in [-0.2, 0) is 9.53 Å². The van der Waals surface area contributed by atoms with Gasteiger partial charge < -0.3 is 9.47 Å². The first-order valence-corrected chi connectivity index (χ1v) is 13.2. The molecule has 1 atom stereocenters. The van der Waals surface area contributed by atoms with Gasteiger partial charge in [-0.1, -0.05) is 138 Å². The molecule has 0 amide bonds. The summed E-state index contributed by atoms with van der Waals surface area (Å²) in [5.74, 6) is -1.23. The SMILES string of the molecule is CCCCCCCCCCCCCCOC(Cl)(C(=O)Oc1ccccc1)C(=O)c1ccccc1. The van der Waals surface area contributed by atoms with Crippen LogP contribution in [0.1, 0.15) is 94.3 Å². The van der Waals surface area contributed by atoms with E-state index in [1.807, 2.05) is 6.07 Å². The molecule has 0 heterocycles. The first kappa shape index (κ1) is 28.1. The van der Waals surface area contributed by atoms with Gasteiger partial charge in [-0.15, -0.1) is 0 Å². The largest absolute Gasteiger partial charge is 0.423 e. The predicted octanol–water partition coefficient (Wildman–Crippen LogP) is 8.13. The molecule has 34 heavy (non-hydrogen) atoms. The molecule has 0 spiro atoms. The molecule has 0 bridgehead atoms. The Kier molecular flexibility index (Phi) is 13.6. The number of halogens is 1. The van der Waals surface area contributed by atoms with Crippen LogP contribution >= 0.6 is 11.6 Å². The van der Waals surface area contributed by atoms with Crippen molar-refractivity contribution in [3.63, 3.8) is 0 Å². The third kappa shape index (κ3) is 9.99. The summed E-state index contributed by atoms with van der Waals surface area (Å²) in [7, 11) is 0. The summed E-state index contributed by atoms with van der Waals surface area (Å²) in [4.78, 5) is 26.0. The molecule has 2 rings (SSSR count). The molecule has 0 N–H and O–H groups in total. The van der Waals surface area contributed by atoms with E-state index in [1.165, 1.54) is 57.8 Å². The van der Waals surface area contributed by atoms with Crippen molar-refractivity contribution in [2.24, 2.45) is 0 Å². The van der Waals surface area contributed by atoms with Gasteiger partial charge in [0.05, 0.1) is 0 Å². The maximum atomic E-state index is 13.1. The Morgan fingerprint density at radius 3 is 1.71 bits per heavy atom. The molecule has 0 saturated carbocycles. The zero-order valence-electron chi connectivity index (χ0n) is 20.5. The lowest BCUT2D eigenvalue weighted by Crippen LogP contribution is -2.47. The maximum absolute atomic E-state index is 13.1. The molecule has 1 unspecified atom stereocenters. The van der Waals surface area contributed by atoms with E-state index in [0.29, 0.717) is 11.3 Å². The lowest BCUT2D eigenvalue weighted by molar-refractivity contribution is -0.147. The van der Waals surface area contributed by atoms with Crippen LogP contribution in [0.5, 0.6) is 5.75 Å². The molecule has 0 saturated heterocycles. The summed E-state index contributed by atoms with van der Waals surface area (Å²) >= 11 is 6.52. The number of hydrogen-bond donors (Lipinski definition) is 0. The monoisotopic (exact) mass is 486 g/mol. The van der Waals surface area contributed by atoms with Gasteiger partial charge in [-0.3, -0.25) is 4.79 Å². The number of unbranched alkanes of at least 4 members (excludes halogenated alkanes) is 11. The van der Waals surface area contributed by atoms with E-state index in [9.17, 15) is 9.59 Å². The molecular formula is C29H39ClO4. The van der Waals surface area contributed by atoms with E-state index in [4.69, 9.17) is 21.1 Å². The summed E-state index contributed by atoms with van der Waals surface area (Å²) in [5, 5.41) is -2.21. The van der Waals surface area contributed by atoms with Crippen molar-refractivity contribution >= 4 is 23.4 Å². The molecule has 5 heteroatoms. The summed E-state index contributed by atoms with van der Waals surface area (Å²) < 4.78 is 11.1. The van der Waals surface area contributed by atoms with Crippen LogP contribution in [0.3, 0.4) is 0 Å². The number of hydrogen-bond acceptors (Lipinski definition) is 4. The minimum atomic E-state index is -2.21. The van der Waals surface area contributed by atoms with Crippen LogP contribution in [0, 0.1) is 0 Å². The Labute approximate surface area is 210 Å². The number of Topliss-reactive ketones (excluding diaryl/α,β-unsaturated/α-hetero) is 1. The highest BCUT2D eigenvalue weighted by Crippen LogP contribution is 2.27. The van der Waals surface area contributed by atoms with Crippen LogP contribution in [0.2, 0.25) is 0 Å². The number of alkyl halides is 1. The quantitative estimate of drug-likeness (QED) is 0.0532. The Hall–Kier alpha value is -2.17. The molecule has 0 aliphatic heterocycles. The summed E-state index contributed by atoms with van der Waals surface area (Å²) in [6.07, 6.45) is 14.6. The fourth-order valence-corrected chi connectivity index (χ4v) is 4.03. The van der Waals surface area contributed by atoms with Crippen LogP contribution in [0.25, 0.3) is 0 Å². The van der Waals surface area contributed by atoms with Crippen molar-refractivity contribution in [3.8, 4) is 5.75 Å². The zero-order valence-corrected chi connectivity index (χ0v) is 21.2. The van der Waals surface area contributed by atoms with Gasteiger partial charge in [0.1, 0.15) is 5.75 Å². The van der Waals surface area contributed by atoms with Gasteiger partial charge in [-0.2, -0.15) is 0 Å². The number of rotatable bonds is 18. The van der Waals surface area contributed by atoms with Crippen LogP contribution in [0.4, 0.5) is 0 Å². The molecule has 0 aliphatic carbocycles. The van der Waals surface area contributed by atoms with Gasteiger partial charge in [-0.05, 0) is 18.6 Å². The smallest absolute Gasteiger partial charge is 0.368 e. The second-order valence-electron chi connectivity index (χ2n) is 8.73. The Bertz CT molecular complexity index is 825. The average Bonchev–Trinajstić information content (AvgIpc) is 2.87. The number of ketones is 1. The number of esters is 1. The molecule has 0 radical (unpaired) electrons. The van der Waals surface area contributed by atoms with Crippen molar-refractivity contribution in [1.82, 2.24) is 0 Å². The van der Waals surface area contributed by atoms with Crippen molar-refractivity contribution in [1.29, 1.82) is 0 Å². The molecule has 186 valence electrons. The van der Waals surface area contributed by atoms with E-state index in [2.05, 4.69) is 6.92 Å². The van der Waals surface area contributed by atoms with Crippen LogP contribution in [0.15, 0.2) is 60.7 Å². The molecule has 4 nitrogen and oxygen atoms in total. The van der Waals surface area contributed by atoms with Gasteiger partial charge in [0.25, 0.3) is 0 Å². The van der Waals surface area contributed by atoms with Crippen LogP contribution < -0.4 is 4.74 Å². The Morgan fingerprint density at radius 2 is 1.18 bits per heavy atom. The van der Waals surface area contributed by atoms with Crippen molar-refractivity contribution in [3.05, 3.63) is 66.2 Å². The highest BCUT2D eigenvalue weighted by atomic mass is 35.5. The third-order valence-corrected chi connectivity index (χ3v) is 6.28. The third-order valence-electron chi connectivity index (χ3n) is 5.84. The lowest BCUT2D eigenvalue weighted by Gasteiger charge is -2.24. The van der Waals surface area contributed by atoms with E-state index in [-0.39, 0.29) is 6.61 Å². The van der Waals surface area contributed by atoms with Gasteiger partial charge in [-0.25, -0.2) is 4.79 Å². The first-order valence-electron chi connectivity index (χ1n) is 12.8. The number of ether oxygens (including phenoxy) is 2. The van der Waals surface area contributed by atoms with Gasteiger partial charge in [0.15, 0.2) is 0 Å². The number of carbonyl (C=O) groups excluding carboxylic acids is 2. The van der Waals surface area contributed by atoms with Crippen molar-refractivity contribution in [2.75, 3.05) is 6.61 Å². The predicted molar refractivity (Wildman–Crippen MR) is 138 cm³/mol. The lowest BCUT2D eigenvalue weighted by atomic mass is 10.0. The molecule has 2 aromatic rings. The minimum Gasteiger partial charge on any atom is -0.423 e. The Balaban J connectivity index is 1.77. The highest BCUT2D eigenvalue weighted by molar-refractivity contribution is 6.46. The van der Waals surface area contributed by atoms with E-state index in [1.54, 1.807) is 54.6 Å². The molecule has 0 aliphatic rings. The van der Waals surface area contributed by atoms with Gasteiger partial charge in [0.2, 0.25) is 5.78 Å². The number of para-hydroxylation sites is 1. The molecule has 0 fully saturated rings.